The predicted molar refractivity (Wildman–Crippen MR) is 99.8 cm³/mol. The highest BCUT2D eigenvalue weighted by atomic mass is 19.1. The van der Waals surface area contributed by atoms with E-state index >= 15 is 0 Å². The summed E-state index contributed by atoms with van der Waals surface area (Å²) in [5, 5.41) is 2.82. The number of hydrogen-bond donors (Lipinski definition) is 1. The second-order valence-electron chi connectivity index (χ2n) is 6.93. The number of hydrogen-bond acceptors (Lipinski definition) is 4. The van der Waals surface area contributed by atoms with Crippen molar-refractivity contribution < 1.29 is 9.18 Å². The van der Waals surface area contributed by atoms with Crippen molar-refractivity contribution in [3.05, 3.63) is 53.2 Å². The van der Waals surface area contributed by atoms with Crippen LogP contribution in [-0.4, -0.2) is 35.5 Å². The van der Waals surface area contributed by atoms with Crippen LogP contribution in [0.3, 0.4) is 0 Å². The zero-order chi connectivity index (χ0) is 18.5. The van der Waals surface area contributed by atoms with Crippen molar-refractivity contribution in [2.45, 2.75) is 33.1 Å². The van der Waals surface area contributed by atoms with Crippen LogP contribution < -0.4 is 10.2 Å². The third-order valence-electron chi connectivity index (χ3n) is 4.80. The Morgan fingerprint density at radius 1 is 1.27 bits per heavy atom. The van der Waals surface area contributed by atoms with Crippen LogP contribution in [0, 0.1) is 18.7 Å². The fourth-order valence-electron chi connectivity index (χ4n) is 3.17. The van der Waals surface area contributed by atoms with Gasteiger partial charge in [-0.05, 0) is 43.7 Å². The van der Waals surface area contributed by atoms with Gasteiger partial charge in [0.1, 0.15) is 23.2 Å². The van der Waals surface area contributed by atoms with Gasteiger partial charge in [0, 0.05) is 25.7 Å². The number of nitrogens with one attached hydrogen (secondary N) is 1. The zero-order valence-electron chi connectivity index (χ0n) is 15.3. The molecule has 26 heavy (non-hydrogen) atoms. The Morgan fingerprint density at radius 2 is 2.00 bits per heavy atom. The Hall–Kier alpha value is -2.50. The number of aryl methyl sites for hydroxylation is 1. The van der Waals surface area contributed by atoms with Gasteiger partial charge in [-0.15, -0.1) is 0 Å². The second-order valence-corrected chi connectivity index (χ2v) is 6.93. The molecule has 1 aliphatic heterocycles. The SMILES string of the molecule is Cc1nc(C(=O)NCCc2ccccc2F)cc(N2CCC(C)CC2)n1. The molecule has 0 atom stereocenters. The lowest BCUT2D eigenvalue weighted by Gasteiger charge is -2.31. The van der Waals surface area contributed by atoms with Crippen molar-refractivity contribution in [3.63, 3.8) is 0 Å². The highest BCUT2D eigenvalue weighted by molar-refractivity contribution is 5.92. The van der Waals surface area contributed by atoms with Crippen molar-refractivity contribution in [3.8, 4) is 0 Å². The largest absolute Gasteiger partial charge is 0.356 e. The quantitative estimate of drug-likeness (QED) is 0.894. The number of anilines is 1. The third-order valence-corrected chi connectivity index (χ3v) is 4.80. The van der Waals surface area contributed by atoms with Crippen molar-refractivity contribution in [1.82, 2.24) is 15.3 Å². The molecule has 5 nitrogen and oxygen atoms in total. The third kappa shape index (κ3) is 4.56. The van der Waals surface area contributed by atoms with Crippen LogP contribution in [0.1, 0.15) is 41.6 Å². The van der Waals surface area contributed by atoms with Crippen molar-refractivity contribution in [1.29, 1.82) is 0 Å². The van der Waals surface area contributed by atoms with Gasteiger partial charge in [0.2, 0.25) is 0 Å². The number of benzene rings is 1. The number of amides is 1. The molecule has 1 fully saturated rings. The molecule has 0 radical (unpaired) electrons. The summed E-state index contributed by atoms with van der Waals surface area (Å²) in [5.41, 5.74) is 0.953. The van der Waals surface area contributed by atoms with Crippen LogP contribution in [-0.2, 0) is 6.42 Å². The lowest BCUT2D eigenvalue weighted by atomic mass is 9.99. The monoisotopic (exact) mass is 356 g/mol. The summed E-state index contributed by atoms with van der Waals surface area (Å²) in [6.45, 7) is 6.32. The van der Waals surface area contributed by atoms with Gasteiger partial charge in [0.05, 0.1) is 0 Å². The van der Waals surface area contributed by atoms with Gasteiger partial charge in [-0.25, -0.2) is 14.4 Å². The van der Waals surface area contributed by atoms with E-state index in [1.54, 1.807) is 31.2 Å². The number of carbonyl (C=O) groups excluding carboxylic acids is 1. The van der Waals surface area contributed by atoms with Gasteiger partial charge in [-0.1, -0.05) is 25.1 Å². The molecule has 0 aliphatic carbocycles. The fraction of sp³-hybridized carbons (Fsp3) is 0.450. The van der Waals surface area contributed by atoms with Crippen LogP contribution in [0.25, 0.3) is 0 Å². The molecule has 6 heteroatoms. The molecule has 1 saturated heterocycles. The number of rotatable bonds is 5. The van der Waals surface area contributed by atoms with Gasteiger partial charge in [0.25, 0.3) is 5.91 Å². The highest BCUT2D eigenvalue weighted by Gasteiger charge is 2.19. The molecule has 0 saturated carbocycles. The molecule has 1 amide bonds. The van der Waals surface area contributed by atoms with Gasteiger partial charge in [-0.3, -0.25) is 4.79 Å². The van der Waals surface area contributed by atoms with Gasteiger partial charge < -0.3 is 10.2 Å². The molecule has 1 aromatic carbocycles. The average Bonchev–Trinajstić information content (AvgIpc) is 2.63. The topological polar surface area (TPSA) is 58.1 Å². The summed E-state index contributed by atoms with van der Waals surface area (Å²) in [5.74, 6) is 1.62. The van der Waals surface area contributed by atoms with E-state index in [1.165, 1.54) is 6.07 Å². The molecule has 0 bridgehead atoms. The van der Waals surface area contributed by atoms with Crippen molar-refractivity contribution >= 4 is 11.7 Å². The summed E-state index contributed by atoms with van der Waals surface area (Å²) in [4.78, 5) is 23.4. The Bertz CT molecular complexity index is 772. The molecule has 138 valence electrons. The Labute approximate surface area is 153 Å². The van der Waals surface area contributed by atoms with E-state index in [1.807, 2.05) is 0 Å². The van der Waals surface area contributed by atoms with Crippen LogP contribution in [0.4, 0.5) is 10.2 Å². The first-order valence-corrected chi connectivity index (χ1v) is 9.15. The normalized spacial score (nSPS) is 15.1. The first kappa shape index (κ1) is 18.3. The molecule has 0 spiro atoms. The van der Waals surface area contributed by atoms with E-state index < -0.39 is 0 Å². The molecule has 1 aliphatic rings. The summed E-state index contributed by atoms with van der Waals surface area (Å²) >= 11 is 0. The van der Waals surface area contributed by atoms with Crippen molar-refractivity contribution in [2.75, 3.05) is 24.5 Å². The van der Waals surface area contributed by atoms with Crippen LogP contribution in [0.15, 0.2) is 30.3 Å². The van der Waals surface area contributed by atoms with Crippen LogP contribution in [0.2, 0.25) is 0 Å². The Balaban J connectivity index is 1.63. The lowest BCUT2D eigenvalue weighted by molar-refractivity contribution is 0.0948. The minimum atomic E-state index is -0.251. The first-order valence-electron chi connectivity index (χ1n) is 9.15. The molecule has 2 heterocycles. The summed E-state index contributed by atoms with van der Waals surface area (Å²) < 4.78 is 13.6. The van der Waals surface area contributed by atoms with Gasteiger partial charge >= 0.3 is 0 Å². The smallest absolute Gasteiger partial charge is 0.270 e. The standard InChI is InChI=1S/C20H25FN4O/c1-14-8-11-25(12-9-14)19-13-18(23-15(2)24-19)20(26)22-10-7-16-5-3-4-6-17(16)21/h3-6,13-14H,7-12H2,1-2H3,(H,22,26). The van der Waals surface area contributed by atoms with Gasteiger partial charge in [0.15, 0.2) is 0 Å². The van der Waals surface area contributed by atoms with Crippen LogP contribution in [0.5, 0.6) is 0 Å². The highest BCUT2D eigenvalue weighted by Crippen LogP contribution is 2.22. The molecule has 2 aromatic rings. The summed E-state index contributed by atoms with van der Waals surface area (Å²) in [7, 11) is 0. The van der Waals surface area contributed by atoms with E-state index in [0.717, 1.165) is 37.7 Å². The Morgan fingerprint density at radius 3 is 2.73 bits per heavy atom. The molecule has 3 rings (SSSR count). The number of halogens is 1. The van der Waals surface area contributed by atoms with E-state index in [-0.39, 0.29) is 11.7 Å². The van der Waals surface area contributed by atoms with E-state index in [9.17, 15) is 9.18 Å². The number of nitrogens with zero attached hydrogens (tertiary/aromatic N) is 3. The average molecular weight is 356 g/mol. The maximum atomic E-state index is 13.6. The number of carbonyl (C=O) groups is 1. The lowest BCUT2D eigenvalue weighted by Crippen LogP contribution is -2.34. The van der Waals surface area contributed by atoms with E-state index in [4.69, 9.17) is 0 Å². The minimum absolute atomic E-state index is 0.249. The fourth-order valence-corrected chi connectivity index (χ4v) is 3.17. The maximum absolute atomic E-state index is 13.6. The summed E-state index contributed by atoms with van der Waals surface area (Å²) in [6.07, 6.45) is 2.71. The van der Waals surface area contributed by atoms with E-state index in [2.05, 4.69) is 27.1 Å². The van der Waals surface area contributed by atoms with Crippen molar-refractivity contribution in [2.24, 2.45) is 5.92 Å². The van der Waals surface area contributed by atoms with Gasteiger partial charge in [-0.2, -0.15) is 0 Å². The molecular formula is C20H25FN4O. The first-order chi connectivity index (χ1) is 12.5. The van der Waals surface area contributed by atoms with E-state index in [0.29, 0.717) is 30.0 Å². The predicted octanol–water partition coefficient (Wildman–Crippen LogP) is 3.13. The molecule has 1 aromatic heterocycles. The molecule has 0 unspecified atom stereocenters. The second kappa shape index (κ2) is 8.25. The Kier molecular flexibility index (Phi) is 5.81. The number of piperidine rings is 1. The van der Waals surface area contributed by atoms with Crippen LogP contribution >= 0.6 is 0 Å². The maximum Gasteiger partial charge on any atom is 0.270 e. The number of aromatic nitrogens is 2. The molecule has 1 N–H and O–H groups in total. The summed E-state index contributed by atoms with van der Waals surface area (Å²) in [6, 6.07) is 8.35. The minimum Gasteiger partial charge on any atom is -0.356 e. The molecular weight excluding hydrogens is 331 g/mol. The zero-order valence-corrected chi connectivity index (χ0v) is 15.3.